The molecule has 8 heteroatoms. The van der Waals surface area contributed by atoms with Crippen LogP contribution in [0.15, 0.2) is 35.3 Å². The Morgan fingerprint density at radius 3 is 2.52 bits per heavy atom. The number of hydrogen-bond donors (Lipinski definition) is 1. The normalized spacial score (nSPS) is 19.0. The quantitative estimate of drug-likeness (QED) is 0.405. The lowest BCUT2D eigenvalue weighted by Crippen LogP contribution is -2.57. The van der Waals surface area contributed by atoms with Gasteiger partial charge in [0.15, 0.2) is 15.8 Å². The molecule has 1 aliphatic heterocycles. The van der Waals surface area contributed by atoms with Crippen molar-refractivity contribution in [3.63, 3.8) is 0 Å². The molecule has 0 spiro atoms. The topological polar surface area (TPSA) is 65.0 Å². The van der Waals surface area contributed by atoms with Crippen molar-refractivity contribution in [1.29, 1.82) is 0 Å². The van der Waals surface area contributed by atoms with E-state index >= 15 is 0 Å². The number of nitrogens with zero attached hydrogens (tertiary/aromatic N) is 3. The molecule has 1 fully saturated rings. The smallest absolute Gasteiger partial charge is 0.193 e. The van der Waals surface area contributed by atoms with Crippen LogP contribution in [-0.4, -0.2) is 70.1 Å². The summed E-state index contributed by atoms with van der Waals surface area (Å²) in [5, 5.41) is 3.34. The van der Waals surface area contributed by atoms with E-state index in [-0.39, 0.29) is 29.7 Å². The largest absolute Gasteiger partial charge is 0.373 e. The summed E-state index contributed by atoms with van der Waals surface area (Å²) >= 11 is 0. The highest BCUT2D eigenvalue weighted by Crippen LogP contribution is 2.23. The fourth-order valence-electron chi connectivity index (χ4n) is 2.80. The number of hydrogen-bond acceptors (Lipinski definition) is 4. The Morgan fingerprint density at radius 2 is 1.96 bits per heavy atom. The van der Waals surface area contributed by atoms with Crippen LogP contribution >= 0.6 is 24.0 Å². The minimum Gasteiger partial charge on any atom is -0.373 e. The molecule has 0 bridgehead atoms. The lowest BCUT2D eigenvalue weighted by atomic mass is 10.2. The molecule has 1 N–H and O–H groups in total. The molecule has 0 unspecified atom stereocenters. The van der Waals surface area contributed by atoms with Crippen molar-refractivity contribution in [2.24, 2.45) is 4.99 Å². The average molecular weight is 480 g/mol. The molecule has 25 heavy (non-hydrogen) atoms. The second-order valence-electron chi connectivity index (χ2n) is 6.73. The second kappa shape index (κ2) is 9.07. The van der Waals surface area contributed by atoms with Crippen LogP contribution in [0, 0.1) is 0 Å². The highest BCUT2D eigenvalue weighted by atomic mass is 127. The number of nitrogens with one attached hydrogen (secondary N) is 1. The van der Waals surface area contributed by atoms with Gasteiger partial charge >= 0.3 is 0 Å². The molecular weight excluding hydrogens is 451 g/mol. The van der Waals surface area contributed by atoms with Crippen LogP contribution in [-0.2, 0) is 9.84 Å². The number of rotatable bonds is 4. The van der Waals surface area contributed by atoms with Crippen molar-refractivity contribution < 1.29 is 8.42 Å². The zero-order valence-electron chi connectivity index (χ0n) is 15.4. The van der Waals surface area contributed by atoms with Gasteiger partial charge in [0, 0.05) is 46.0 Å². The number of benzene rings is 1. The van der Waals surface area contributed by atoms with E-state index in [0.29, 0.717) is 13.1 Å². The van der Waals surface area contributed by atoms with Crippen molar-refractivity contribution in [2.45, 2.75) is 18.6 Å². The third-order valence-electron chi connectivity index (χ3n) is 4.48. The Bertz CT molecular complexity index is 677. The molecule has 1 aliphatic rings. The van der Waals surface area contributed by atoms with Crippen molar-refractivity contribution in [3.8, 4) is 0 Å². The molecule has 0 aliphatic carbocycles. The Balaban J connectivity index is 0.00000312. The summed E-state index contributed by atoms with van der Waals surface area (Å²) in [5.74, 6) is 0.935. The number of halogens is 1. The van der Waals surface area contributed by atoms with Gasteiger partial charge in [0.1, 0.15) is 0 Å². The van der Waals surface area contributed by atoms with Crippen LogP contribution < -0.4 is 10.2 Å². The standard InChI is InChI=1S/C17H28N4O2S.HI/c1-17(2)14-21(12-13-24(17,22)23)16(18-3)19-10-11-20(4)15-8-6-5-7-9-15;/h5-9H,10-14H2,1-4H3,(H,18,19);1H. The molecule has 0 aromatic heterocycles. The predicted octanol–water partition coefficient (Wildman–Crippen LogP) is 1.83. The van der Waals surface area contributed by atoms with Crippen molar-refractivity contribution in [2.75, 3.05) is 50.9 Å². The maximum absolute atomic E-state index is 12.1. The van der Waals surface area contributed by atoms with E-state index in [9.17, 15) is 8.42 Å². The first-order valence-electron chi connectivity index (χ1n) is 8.21. The summed E-state index contributed by atoms with van der Waals surface area (Å²) in [7, 11) is 0.749. The van der Waals surface area contributed by atoms with Gasteiger partial charge in [-0.3, -0.25) is 4.99 Å². The van der Waals surface area contributed by atoms with E-state index in [1.165, 1.54) is 5.69 Å². The first kappa shape index (κ1) is 22.0. The lowest BCUT2D eigenvalue weighted by molar-refractivity contribution is 0.353. The Kier molecular flexibility index (Phi) is 7.98. The zero-order chi connectivity index (χ0) is 17.8. The molecule has 1 saturated heterocycles. The van der Waals surface area contributed by atoms with Crippen molar-refractivity contribution in [1.82, 2.24) is 10.2 Å². The molecule has 0 amide bonds. The molecule has 0 atom stereocenters. The van der Waals surface area contributed by atoms with Crippen molar-refractivity contribution >= 4 is 45.5 Å². The molecule has 6 nitrogen and oxygen atoms in total. The maximum atomic E-state index is 12.1. The molecule has 0 radical (unpaired) electrons. The first-order chi connectivity index (χ1) is 11.3. The van der Waals surface area contributed by atoms with Crippen LogP contribution in [0.5, 0.6) is 0 Å². The maximum Gasteiger partial charge on any atom is 0.193 e. The van der Waals surface area contributed by atoms with Crippen LogP contribution in [0.4, 0.5) is 5.69 Å². The molecule has 1 heterocycles. The predicted molar refractivity (Wildman–Crippen MR) is 116 cm³/mol. The minimum atomic E-state index is -3.04. The van der Waals surface area contributed by atoms with Gasteiger partial charge in [0.2, 0.25) is 0 Å². The van der Waals surface area contributed by atoms with Crippen LogP contribution in [0.25, 0.3) is 0 Å². The number of para-hydroxylation sites is 1. The van der Waals surface area contributed by atoms with Gasteiger partial charge in [0.05, 0.1) is 10.5 Å². The van der Waals surface area contributed by atoms with E-state index < -0.39 is 14.6 Å². The second-order valence-corrected chi connectivity index (χ2v) is 9.47. The van der Waals surface area contributed by atoms with E-state index in [2.05, 4.69) is 34.4 Å². The third-order valence-corrected chi connectivity index (χ3v) is 7.02. The highest BCUT2D eigenvalue weighted by molar-refractivity contribution is 14.0. The van der Waals surface area contributed by atoms with Crippen LogP contribution in [0.1, 0.15) is 13.8 Å². The number of sulfone groups is 1. The first-order valence-corrected chi connectivity index (χ1v) is 9.86. The summed E-state index contributed by atoms with van der Waals surface area (Å²) in [6, 6.07) is 10.2. The Hall–Kier alpha value is -1.03. The monoisotopic (exact) mass is 480 g/mol. The number of likely N-dealkylation sites (N-methyl/N-ethyl adjacent to an activating group) is 1. The van der Waals surface area contributed by atoms with E-state index in [1.54, 1.807) is 20.9 Å². The number of aliphatic imine (C=N–C) groups is 1. The fourth-order valence-corrected chi connectivity index (χ4v) is 4.17. The van der Waals surface area contributed by atoms with Crippen molar-refractivity contribution in [3.05, 3.63) is 30.3 Å². The van der Waals surface area contributed by atoms with Gasteiger partial charge in [-0.05, 0) is 26.0 Å². The van der Waals surface area contributed by atoms with Gasteiger partial charge in [-0.15, -0.1) is 24.0 Å². The van der Waals surface area contributed by atoms with Crippen LogP contribution in [0.2, 0.25) is 0 Å². The third kappa shape index (κ3) is 5.47. The average Bonchev–Trinajstić information content (AvgIpc) is 2.55. The molecule has 0 saturated carbocycles. The van der Waals surface area contributed by atoms with Crippen LogP contribution in [0.3, 0.4) is 0 Å². The molecule has 2 rings (SSSR count). The summed E-state index contributed by atoms with van der Waals surface area (Å²) < 4.78 is 23.5. The summed E-state index contributed by atoms with van der Waals surface area (Å²) in [5.41, 5.74) is 1.17. The summed E-state index contributed by atoms with van der Waals surface area (Å²) in [6.07, 6.45) is 0. The van der Waals surface area contributed by atoms with E-state index in [1.807, 2.05) is 23.1 Å². The van der Waals surface area contributed by atoms with E-state index in [4.69, 9.17) is 0 Å². The fraction of sp³-hybridized carbons (Fsp3) is 0.588. The number of guanidine groups is 1. The van der Waals surface area contributed by atoms with E-state index in [0.717, 1.165) is 19.0 Å². The van der Waals surface area contributed by atoms with Gasteiger partial charge in [0.25, 0.3) is 0 Å². The van der Waals surface area contributed by atoms with Gasteiger partial charge in [-0.1, -0.05) is 18.2 Å². The summed E-state index contributed by atoms with van der Waals surface area (Å²) in [6.45, 7) is 6.08. The van der Waals surface area contributed by atoms with Gasteiger partial charge < -0.3 is 15.1 Å². The summed E-state index contributed by atoms with van der Waals surface area (Å²) in [4.78, 5) is 8.52. The lowest BCUT2D eigenvalue weighted by Gasteiger charge is -2.39. The molecule has 142 valence electrons. The molecule has 1 aromatic carbocycles. The van der Waals surface area contributed by atoms with Gasteiger partial charge in [-0.25, -0.2) is 8.42 Å². The highest BCUT2D eigenvalue weighted by Gasteiger charge is 2.40. The molecule has 1 aromatic rings. The Labute approximate surface area is 168 Å². The SMILES string of the molecule is CN=C(NCCN(C)c1ccccc1)N1CCS(=O)(=O)C(C)(C)C1.I. The number of anilines is 1. The van der Waals surface area contributed by atoms with Gasteiger partial charge in [-0.2, -0.15) is 0 Å². The molecular formula is C17H29IN4O2S. The minimum absolute atomic E-state index is 0. The zero-order valence-corrected chi connectivity index (χ0v) is 18.5. The Morgan fingerprint density at radius 1 is 1.32 bits per heavy atom.